The van der Waals surface area contributed by atoms with Gasteiger partial charge in [-0.3, -0.25) is 9.59 Å². The predicted molar refractivity (Wildman–Crippen MR) is 126 cm³/mol. The molecule has 170 valence electrons. The van der Waals surface area contributed by atoms with Crippen LogP contribution in [0.1, 0.15) is 39.4 Å². The van der Waals surface area contributed by atoms with Crippen LogP contribution in [0.4, 0.5) is 0 Å². The van der Waals surface area contributed by atoms with Crippen LogP contribution < -0.4 is 14.8 Å². The summed E-state index contributed by atoms with van der Waals surface area (Å²) in [5.41, 5.74) is 3.45. The minimum Gasteiger partial charge on any atom is -0.493 e. The van der Waals surface area contributed by atoms with Crippen LogP contribution in [0.2, 0.25) is 5.02 Å². The van der Waals surface area contributed by atoms with Crippen molar-refractivity contribution in [2.45, 2.75) is 25.7 Å². The molecule has 3 aromatic rings. The summed E-state index contributed by atoms with van der Waals surface area (Å²) < 4.78 is 11.5. The highest BCUT2D eigenvalue weighted by Gasteiger charge is 2.29. The number of carboxylic acids is 1. The average Bonchev–Trinajstić information content (AvgIpc) is 2.81. The molecule has 0 bridgehead atoms. The fraction of sp³-hybridized carbons (Fsp3) is 0.231. The Morgan fingerprint density at radius 1 is 1.12 bits per heavy atom. The lowest BCUT2D eigenvalue weighted by molar-refractivity contribution is -0.139. The fourth-order valence-corrected chi connectivity index (χ4v) is 3.91. The Bertz CT molecular complexity index is 1160. The number of hydrogen-bond donors (Lipinski definition) is 2. The number of carbonyl (C=O) groups excluding carboxylic acids is 1. The summed E-state index contributed by atoms with van der Waals surface area (Å²) in [6, 6.07) is 18.2. The van der Waals surface area contributed by atoms with Crippen molar-refractivity contribution in [2.24, 2.45) is 0 Å². The first kappa shape index (κ1) is 22.7. The smallest absolute Gasteiger partial charge is 0.311 e. The lowest BCUT2D eigenvalue weighted by Crippen LogP contribution is -2.25. The maximum Gasteiger partial charge on any atom is 0.311 e. The molecular formula is C26H24ClNO5. The van der Waals surface area contributed by atoms with E-state index in [4.69, 9.17) is 21.1 Å². The van der Waals surface area contributed by atoms with Gasteiger partial charge in [0.25, 0.3) is 5.91 Å². The normalized spacial score (nSPS) is 14.7. The van der Waals surface area contributed by atoms with Gasteiger partial charge in [0.05, 0.1) is 17.5 Å². The highest BCUT2D eigenvalue weighted by molar-refractivity contribution is 6.32. The molecule has 0 saturated carbocycles. The van der Waals surface area contributed by atoms with Crippen molar-refractivity contribution < 1.29 is 24.2 Å². The molecular weight excluding hydrogens is 442 g/mol. The van der Waals surface area contributed by atoms with Crippen LogP contribution in [0.15, 0.2) is 60.7 Å². The number of aryl methyl sites for hydroxylation is 1. The first-order chi connectivity index (χ1) is 15.9. The number of carboxylic acid groups (broad SMARTS) is 1. The number of hydrogen-bond acceptors (Lipinski definition) is 4. The average molecular weight is 466 g/mol. The van der Waals surface area contributed by atoms with Crippen LogP contribution in [-0.2, 0) is 11.2 Å². The second kappa shape index (κ2) is 9.96. The van der Waals surface area contributed by atoms with E-state index < -0.39 is 11.9 Å². The van der Waals surface area contributed by atoms with Crippen LogP contribution >= 0.6 is 11.6 Å². The molecule has 2 N–H and O–H groups in total. The number of halogens is 1. The summed E-state index contributed by atoms with van der Waals surface area (Å²) in [6.45, 7) is 2.90. The largest absolute Gasteiger partial charge is 0.493 e. The molecule has 1 unspecified atom stereocenters. The third-order valence-corrected chi connectivity index (χ3v) is 5.86. The van der Waals surface area contributed by atoms with E-state index in [1.54, 1.807) is 36.4 Å². The van der Waals surface area contributed by atoms with E-state index in [0.717, 1.165) is 6.42 Å². The highest BCUT2D eigenvalue weighted by atomic mass is 35.5. The Kier molecular flexibility index (Phi) is 6.84. The van der Waals surface area contributed by atoms with Crippen molar-refractivity contribution in [3.8, 4) is 17.2 Å². The second-order valence-corrected chi connectivity index (χ2v) is 8.37. The molecule has 0 aromatic heterocycles. The first-order valence-corrected chi connectivity index (χ1v) is 11.1. The monoisotopic (exact) mass is 465 g/mol. The standard InChI is InChI=1S/C26H24ClNO5/c1-16-2-4-17(5-3-16)10-12-28-25(29)18-6-8-19(9-7-18)33-24-15-23-21(14-22(24)27)20(26(30)31)11-13-32-23/h2-9,14-15,20H,10-13H2,1H3,(H,28,29)(H,30,31). The maximum atomic E-state index is 12.4. The van der Waals surface area contributed by atoms with E-state index in [-0.39, 0.29) is 5.91 Å². The molecule has 0 fully saturated rings. The van der Waals surface area contributed by atoms with E-state index in [9.17, 15) is 14.7 Å². The minimum atomic E-state index is -0.906. The van der Waals surface area contributed by atoms with Crippen molar-refractivity contribution in [3.63, 3.8) is 0 Å². The van der Waals surface area contributed by atoms with Gasteiger partial charge in [0, 0.05) is 23.7 Å². The zero-order chi connectivity index (χ0) is 23.4. The molecule has 0 spiro atoms. The molecule has 1 aliphatic heterocycles. The van der Waals surface area contributed by atoms with Crippen molar-refractivity contribution in [1.29, 1.82) is 0 Å². The van der Waals surface area contributed by atoms with Gasteiger partial charge in [-0.25, -0.2) is 0 Å². The Morgan fingerprint density at radius 3 is 2.55 bits per heavy atom. The molecule has 33 heavy (non-hydrogen) atoms. The first-order valence-electron chi connectivity index (χ1n) is 10.7. The van der Waals surface area contributed by atoms with Crippen LogP contribution in [0.3, 0.4) is 0 Å². The number of carbonyl (C=O) groups is 2. The number of fused-ring (bicyclic) bond motifs is 1. The molecule has 3 aromatic carbocycles. The van der Waals surface area contributed by atoms with E-state index in [1.807, 2.05) is 6.92 Å². The Hall–Kier alpha value is -3.51. The molecule has 1 aliphatic rings. The number of ether oxygens (including phenoxy) is 2. The number of nitrogens with one attached hydrogen (secondary N) is 1. The van der Waals surface area contributed by atoms with Crippen LogP contribution in [0.25, 0.3) is 0 Å². The van der Waals surface area contributed by atoms with Crippen LogP contribution in [0, 0.1) is 6.92 Å². The fourth-order valence-electron chi connectivity index (χ4n) is 3.70. The number of aliphatic carboxylic acids is 1. The summed E-state index contributed by atoms with van der Waals surface area (Å²) in [6.07, 6.45) is 1.16. The van der Waals surface area contributed by atoms with Crippen molar-refractivity contribution in [1.82, 2.24) is 5.32 Å². The number of amides is 1. The molecule has 1 amide bonds. The van der Waals surface area contributed by atoms with Gasteiger partial charge in [-0.15, -0.1) is 0 Å². The van der Waals surface area contributed by atoms with E-state index >= 15 is 0 Å². The topological polar surface area (TPSA) is 84.9 Å². The summed E-state index contributed by atoms with van der Waals surface area (Å²) in [4.78, 5) is 23.9. The second-order valence-electron chi connectivity index (χ2n) is 7.97. The zero-order valence-electron chi connectivity index (χ0n) is 18.1. The van der Waals surface area contributed by atoms with Crippen LogP contribution in [0.5, 0.6) is 17.2 Å². The lowest BCUT2D eigenvalue weighted by Gasteiger charge is -2.24. The quantitative estimate of drug-likeness (QED) is 0.490. The summed E-state index contributed by atoms with van der Waals surface area (Å²) in [5, 5.41) is 12.6. The molecule has 6 nitrogen and oxygen atoms in total. The van der Waals surface area contributed by atoms with E-state index in [1.165, 1.54) is 11.1 Å². The van der Waals surface area contributed by atoms with Crippen LogP contribution in [-0.4, -0.2) is 30.1 Å². The lowest BCUT2D eigenvalue weighted by atomic mass is 9.93. The maximum absolute atomic E-state index is 12.4. The molecule has 4 rings (SSSR count). The van der Waals surface area contributed by atoms with Gasteiger partial charge in [0.1, 0.15) is 17.2 Å². The third-order valence-electron chi connectivity index (χ3n) is 5.57. The highest BCUT2D eigenvalue weighted by Crippen LogP contribution is 2.41. The SMILES string of the molecule is Cc1ccc(CCNC(=O)c2ccc(Oc3cc4c(cc3Cl)C(C(=O)O)CCO4)cc2)cc1. The predicted octanol–water partition coefficient (Wildman–Crippen LogP) is 5.36. The Morgan fingerprint density at radius 2 is 1.85 bits per heavy atom. The Balaban J connectivity index is 1.38. The van der Waals surface area contributed by atoms with Gasteiger partial charge < -0.3 is 19.9 Å². The van der Waals surface area contributed by atoms with Crippen molar-refractivity contribution in [2.75, 3.05) is 13.2 Å². The minimum absolute atomic E-state index is 0.159. The zero-order valence-corrected chi connectivity index (χ0v) is 18.9. The third kappa shape index (κ3) is 5.46. The van der Waals surface area contributed by atoms with Gasteiger partial charge in [0.15, 0.2) is 0 Å². The molecule has 0 saturated heterocycles. The number of rotatable bonds is 7. The summed E-state index contributed by atoms with van der Waals surface area (Å²) in [7, 11) is 0. The van der Waals surface area contributed by atoms with Gasteiger partial charge in [0.2, 0.25) is 0 Å². The van der Waals surface area contributed by atoms with Crippen molar-refractivity contribution in [3.05, 3.63) is 87.9 Å². The summed E-state index contributed by atoms with van der Waals surface area (Å²) >= 11 is 6.34. The van der Waals surface area contributed by atoms with E-state index in [2.05, 4.69) is 29.6 Å². The molecule has 7 heteroatoms. The number of benzene rings is 3. The van der Waals surface area contributed by atoms with Gasteiger partial charge in [-0.2, -0.15) is 0 Å². The Labute approximate surface area is 197 Å². The molecule has 0 radical (unpaired) electrons. The summed E-state index contributed by atoms with van der Waals surface area (Å²) in [5.74, 6) is -0.400. The molecule has 1 heterocycles. The van der Waals surface area contributed by atoms with Crippen molar-refractivity contribution >= 4 is 23.5 Å². The van der Waals surface area contributed by atoms with Gasteiger partial charge in [-0.1, -0.05) is 41.4 Å². The van der Waals surface area contributed by atoms with Gasteiger partial charge in [-0.05, 0) is 55.7 Å². The van der Waals surface area contributed by atoms with Gasteiger partial charge >= 0.3 is 5.97 Å². The van der Waals surface area contributed by atoms with E-state index in [0.29, 0.717) is 53.0 Å². The molecule has 1 atom stereocenters. The molecule has 0 aliphatic carbocycles.